The van der Waals surface area contributed by atoms with Gasteiger partial charge in [-0.15, -0.1) is 0 Å². The van der Waals surface area contributed by atoms with Crippen molar-refractivity contribution in [3.63, 3.8) is 0 Å². The zero-order valence-electron chi connectivity index (χ0n) is 11.9. The molecule has 6 heteroatoms. The van der Waals surface area contributed by atoms with Gasteiger partial charge in [-0.25, -0.2) is 4.98 Å². The van der Waals surface area contributed by atoms with Gasteiger partial charge in [0.1, 0.15) is 5.69 Å². The lowest BCUT2D eigenvalue weighted by Crippen LogP contribution is -2.30. The molecule has 0 aromatic carbocycles. The van der Waals surface area contributed by atoms with Gasteiger partial charge in [0.15, 0.2) is 0 Å². The molecule has 3 rings (SSSR count). The van der Waals surface area contributed by atoms with Crippen LogP contribution in [0.15, 0.2) is 37.1 Å². The molecule has 1 aliphatic heterocycles. The second-order valence-corrected chi connectivity index (χ2v) is 5.22. The molecule has 0 saturated carbocycles. The van der Waals surface area contributed by atoms with Crippen molar-refractivity contribution in [1.29, 1.82) is 0 Å². The van der Waals surface area contributed by atoms with E-state index in [2.05, 4.69) is 9.97 Å². The van der Waals surface area contributed by atoms with Crippen LogP contribution in [0.4, 0.5) is 0 Å². The molecule has 6 nitrogen and oxygen atoms in total. The molecule has 2 N–H and O–H groups in total. The van der Waals surface area contributed by atoms with Crippen molar-refractivity contribution < 1.29 is 4.79 Å². The average molecular weight is 285 g/mol. The number of carbonyl (C=O) groups is 1. The SMILES string of the molecule is NCCn1cnc(C(=O)N2CCCC2c2ccncc2)c1. The third-order valence-electron chi connectivity index (χ3n) is 3.84. The van der Waals surface area contributed by atoms with E-state index in [4.69, 9.17) is 5.73 Å². The highest BCUT2D eigenvalue weighted by Gasteiger charge is 2.31. The monoisotopic (exact) mass is 285 g/mol. The van der Waals surface area contributed by atoms with Crippen molar-refractivity contribution >= 4 is 5.91 Å². The third-order valence-corrected chi connectivity index (χ3v) is 3.84. The molecule has 1 amide bonds. The Balaban J connectivity index is 1.79. The van der Waals surface area contributed by atoms with Crippen LogP contribution in [0.3, 0.4) is 0 Å². The summed E-state index contributed by atoms with van der Waals surface area (Å²) in [6, 6.07) is 4.08. The van der Waals surface area contributed by atoms with E-state index in [-0.39, 0.29) is 11.9 Å². The predicted molar refractivity (Wildman–Crippen MR) is 78.5 cm³/mol. The fourth-order valence-electron chi connectivity index (χ4n) is 2.83. The molecule has 1 fully saturated rings. The molecular weight excluding hydrogens is 266 g/mol. The summed E-state index contributed by atoms with van der Waals surface area (Å²) in [5.41, 5.74) is 7.14. The zero-order valence-corrected chi connectivity index (χ0v) is 11.9. The number of carbonyl (C=O) groups excluding carboxylic acids is 1. The van der Waals surface area contributed by atoms with E-state index in [9.17, 15) is 4.79 Å². The summed E-state index contributed by atoms with van der Waals surface area (Å²) < 4.78 is 1.85. The number of imidazole rings is 1. The smallest absolute Gasteiger partial charge is 0.274 e. The van der Waals surface area contributed by atoms with E-state index in [1.807, 2.05) is 21.6 Å². The van der Waals surface area contributed by atoms with Gasteiger partial charge < -0.3 is 15.2 Å². The highest BCUT2D eigenvalue weighted by atomic mass is 16.2. The quantitative estimate of drug-likeness (QED) is 0.916. The van der Waals surface area contributed by atoms with E-state index in [0.29, 0.717) is 18.8 Å². The highest BCUT2D eigenvalue weighted by molar-refractivity contribution is 5.92. The number of rotatable bonds is 4. The Bertz CT molecular complexity index is 610. The maximum atomic E-state index is 12.7. The molecule has 0 bridgehead atoms. The molecule has 1 atom stereocenters. The van der Waals surface area contributed by atoms with Gasteiger partial charge in [-0.05, 0) is 30.5 Å². The molecule has 0 radical (unpaired) electrons. The minimum atomic E-state index is -0.00918. The second kappa shape index (κ2) is 6.05. The van der Waals surface area contributed by atoms with Crippen LogP contribution in [0.1, 0.15) is 34.9 Å². The first-order chi connectivity index (χ1) is 10.3. The van der Waals surface area contributed by atoms with Crippen molar-refractivity contribution in [3.8, 4) is 0 Å². The van der Waals surface area contributed by atoms with Gasteiger partial charge in [0, 0.05) is 38.2 Å². The summed E-state index contributed by atoms with van der Waals surface area (Å²) in [6.07, 6.45) is 8.98. The Hall–Kier alpha value is -2.21. The minimum Gasteiger partial charge on any atom is -0.335 e. The number of hydrogen-bond donors (Lipinski definition) is 1. The van der Waals surface area contributed by atoms with E-state index in [1.54, 1.807) is 24.9 Å². The molecule has 1 saturated heterocycles. The average Bonchev–Trinajstić information content (AvgIpc) is 3.17. The van der Waals surface area contributed by atoms with Crippen molar-refractivity contribution in [3.05, 3.63) is 48.3 Å². The van der Waals surface area contributed by atoms with Crippen molar-refractivity contribution in [2.24, 2.45) is 5.73 Å². The van der Waals surface area contributed by atoms with Gasteiger partial charge in [0.2, 0.25) is 0 Å². The number of pyridine rings is 1. The summed E-state index contributed by atoms with van der Waals surface area (Å²) in [5.74, 6) is -0.00918. The molecule has 0 spiro atoms. The van der Waals surface area contributed by atoms with Crippen LogP contribution in [0.25, 0.3) is 0 Å². The number of likely N-dealkylation sites (tertiary alicyclic amines) is 1. The van der Waals surface area contributed by atoms with Crippen LogP contribution in [0.2, 0.25) is 0 Å². The minimum absolute atomic E-state index is 0.00918. The topological polar surface area (TPSA) is 77.0 Å². The summed E-state index contributed by atoms with van der Waals surface area (Å²) in [6.45, 7) is 1.98. The van der Waals surface area contributed by atoms with Crippen molar-refractivity contribution in [2.75, 3.05) is 13.1 Å². The van der Waals surface area contributed by atoms with Crippen LogP contribution in [0, 0.1) is 0 Å². The maximum Gasteiger partial charge on any atom is 0.274 e. The molecule has 1 aliphatic rings. The standard InChI is InChI=1S/C15H19N5O/c16-5-9-19-10-13(18-11-19)15(21)20-8-1-2-14(20)12-3-6-17-7-4-12/h3-4,6-7,10-11,14H,1-2,5,8-9,16H2. The normalized spacial score (nSPS) is 18.1. The zero-order chi connectivity index (χ0) is 14.7. The molecule has 1 unspecified atom stereocenters. The summed E-state index contributed by atoms with van der Waals surface area (Å²) in [5, 5.41) is 0. The van der Waals surface area contributed by atoms with Crippen molar-refractivity contribution in [2.45, 2.75) is 25.4 Å². The molecule has 21 heavy (non-hydrogen) atoms. The summed E-state index contributed by atoms with van der Waals surface area (Å²) >= 11 is 0. The molecular formula is C15H19N5O. The van der Waals surface area contributed by atoms with Gasteiger partial charge in [-0.1, -0.05) is 0 Å². The first kappa shape index (κ1) is 13.8. The number of nitrogens with two attached hydrogens (primary N) is 1. The van der Waals surface area contributed by atoms with Crippen LogP contribution < -0.4 is 5.73 Å². The van der Waals surface area contributed by atoms with Crippen LogP contribution in [0.5, 0.6) is 0 Å². The number of nitrogens with zero attached hydrogens (tertiary/aromatic N) is 4. The van der Waals surface area contributed by atoms with E-state index in [0.717, 1.165) is 24.9 Å². The Morgan fingerprint density at radius 1 is 1.38 bits per heavy atom. The van der Waals surface area contributed by atoms with Gasteiger partial charge >= 0.3 is 0 Å². The third kappa shape index (κ3) is 2.80. The summed E-state index contributed by atoms with van der Waals surface area (Å²) in [4.78, 5) is 22.8. The maximum absolute atomic E-state index is 12.7. The van der Waals surface area contributed by atoms with E-state index >= 15 is 0 Å². The van der Waals surface area contributed by atoms with Crippen LogP contribution >= 0.6 is 0 Å². The number of hydrogen-bond acceptors (Lipinski definition) is 4. The summed E-state index contributed by atoms with van der Waals surface area (Å²) in [7, 11) is 0. The van der Waals surface area contributed by atoms with Gasteiger partial charge in [-0.3, -0.25) is 9.78 Å². The number of amides is 1. The number of aromatic nitrogens is 3. The Kier molecular flexibility index (Phi) is 3.96. The van der Waals surface area contributed by atoms with E-state index in [1.165, 1.54) is 0 Å². The largest absolute Gasteiger partial charge is 0.335 e. The predicted octanol–water partition coefficient (Wildman–Crippen LogP) is 1.21. The van der Waals surface area contributed by atoms with Crippen LogP contribution in [-0.4, -0.2) is 38.4 Å². The lowest BCUT2D eigenvalue weighted by atomic mass is 10.1. The molecule has 2 aromatic heterocycles. The Labute approximate surface area is 123 Å². The molecule has 110 valence electrons. The van der Waals surface area contributed by atoms with Crippen molar-refractivity contribution in [1.82, 2.24) is 19.4 Å². The lowest BCUT2D eigenvalue weighted by molar-refractivity contribution is 0.0730. The second-order valence-electron chi connectivity index (χ2n) is 5.22. The highest BCUT2D eigenvalue weighted by Crippen LogP contribution is 2.32. The first-order valence-corrected chi connectivity index (χ1v) is 7.22. The molecule has 2 aromatic rings. The molecule has 0 aliphatic carbocycles. The fourth-order valence-corrected chi connectivity index (χ4v) is 2.83. The van der Waals surface area contributed by atoms with Crippen LogP contribution in [-0.2, 0) is 6.54 Å². The van der Waals surface area contributed by atoms with E-state index < -0.39 is 0 Å². The lowest BCUT2D eigenvalue weighted by Gasteiger charge is -2.24. The Morgan fingerprint density at radius 2 is 2.19 bits per heavy atom. The fraction of sp³-hybridized carbons (Fsp3) is 0.400. The first-order valence-electron chi connectivity index (χ1n) is 7.22. The molecule has 3 heterocycles. The van der Waals surface area contributed by atoms with Gasteiger partial charge in [-0.2, -0.15) is 0 Å². The Morgan fingerprint density at radius 3 is 2.95 bits per heavy atom. The van der Waals surface area contributed by atoms with Gasteiger partial charge in [0.05, 0.1) is 12.4 Å². The van der Waals surface area contributed by atoms with Gasteiger partial charge in [0.25, 0.3) is 5.91 Å².